The molecular formula is C20H16N2O5. The first kappa shape index (κ1) is 17.0. The first-order valence-corrected chi connectivity index (χ1v) is 8.43. The number of hydrogen-bond acceptors (Lipinski definition) is 5. The number of anilines is 1. The molecule has 1 heterocycles. The van der Waals surface area contributed by atoms with Crippen LogP contribution in [-0.2, 0) is 0 Å². The predicted molar refractivity (Wildman–Crippen MR) is 100 cm³/mol. The second-order valence-corrected chi connectivity index (χ2v) is 6.32. The molecule has 0 aromatic heterocycles. The molecule has 0 saturated heterocycles. The van der Waals surface area contributed by atoms with Gasteiger partial charge in [0.1, 0.15) is 18.5 Å². The van der Waals surface area contributed by atoms with Gasteiger partial charge in [0.15, 0.2) is 0 Å². The quantitative estimate of drug-likeness (QED) is 0.536. The van der Waals surface area contributed by atoms with Crippen LogP contribution in [-0.4, -0.2) is 35.2 Å². The van der Waals surface area contributed by atoms with Crippen molar-refractivity contribution in [3.8, 4) is 5.75 Å². The summed E-state index contributed by atoms with van der Waals surface area (Å²) in [6.07, 6.45) is -0.946. The third-order valence-electron chi connectivity index (χ3n) is 4.51. The average Bonchev–Trinajstić information content (AvgIpc) is 2.95. The highest BCUT2D eigenvalue weighted by molar-refractivity contribution is 6.25. The summed E-state index contributed by atoms with van der Waals surface area (Å²) in [4.78, 5) is 24.5. The highest BCUT2D eigenvalue weighted by Gasteiger charge is 2.30. The predicted octanol–water partition coefficient (Wildman–Crippen LogP) is 3.15. The van der Waals surface area contributed by atoms with E-state index < -0.39 is 11.0 Å². The highest BCUT2D eigenvalue weighted by Crippen LogP contribution is 2.37. The number of rotatable bonds is 6. The zero-order valence-electron chi connectivity index (χ0n) is 14.2. The van der Waals surface area contributed by atoms with Crippen LogP contribution in [0.5, 0.6) is 5.75 Å². The molecule has 1 aliphatic heterocycles. The molecule has 0 radical (unpaired) electrons. The topological polar surface area (TPSA) is 92.9 Å². The Morgan fingerprint density at radius 2 is 1.85 bits per heavy atom. The van der Waals surface area contributed by atoms with Gasteiger partial charge in [-0.3, -0.25) is 14.9 Å². The molecule has 3 aromatic rings. The number of aliphatic hydroxyl groups excluding tert-OH is 1. The van der Waals surface area contributed by atoms with Crippen molar-refractivity contribution in [1.82, 2.24) is 0 Å². The summed E-state index contributed by atoms with van der Waals surface area (Å²) in [6, 6.07) is 17.0. The Balaban J connectivity index is 1.47. The van der Waals surface area contributed by atoms with Crippen molar-refractivity contribution in [3.05, 3.63) is 76.3 Å². The zero-order valence-corrected chi connectivity index (χ0v) is 14.2. The number of nitro benzene ring substituents is 1. The minimum atomic E-state index is -0.946. The first-order valence-electron chi connectivity index (χ1n) is 8.43. The van der Waals surface area contributed by atoms with Crippen molar-refractivity contribution in [2.45, 2.75) is 6.10 Å². The van der Waals surface area contributed by atoms with Crippen molar-refractivity contribution in [1.29, 1.82) is 0 Å². The summed E-state index contributed by atoms with van der Waals surface area (Å²) in [5, 5.41) is 23.0. The number of β-amino-alcohol motifs (C(OH)–C–C–N with tert-alkyl or cyclic N) is 1. The van der Waals surface area contributed by atoms with Crippen LogP contribution in [0.1, 0.15) is 10.4 Å². The molecule has 1 N–H and O–H groups in total. The molecule has 1 aliphatic rings. The molecular weight excluding hydrogens is 348 g/mol. The standard InChI is InChI=1S/C20H16N2O5/c23-15(12-27-16-7-3-6-14(10-16)22(25)26)11-21-18-9-2-5-13-4-1-8-17(19(13)18)20(21)24/h1-10,15,23H,11-12H2/t15-/m1/s1. The fourth-order valence-electron chi connectivity index (χ4n) is 3.30. The second kappa shape index (κ2) is 6.69. The van der Waals surface area contributed by atoms with Gasteiger partial charge in [0.2, 0.25) is 0 Å². The van der Waals surface area contributed by atoms with Crippen molar-refractivity contribution in [2.24, 2.45) is 0 Å². The molecule has 0 saturated carbocycles. The van der Waals surface area contributed by atoms with Crippen LogP contribution in [0.4, 0.5) is 11.4 Å². The summed E-state index contributed by atoms with van der Waals surface area (Å²) in [7, 11) is 0. The number of hydrogen-bond donors (Lipinski definition) is 1. The Kier molecular flexibility index (Phi) is 4.21. The summed E-state index contributed by atoms with van der Waals surface area (Å²) in [5.74, 6) is 0.137. The Morgan fingerprint density at radius 1 is 1.11 bits per heavy atom. The molecule has 0 unspecified atom stereocenters. The molecule has 7 nitrogen and oxygen atoms in total. The number of non-ortho nitro benzene ring substituents is 1. The fraction of sp³-hybridized carbons (Fsp3) is 0.150. The Labute approximate surface area is 154 Å². The van der Waals surface area contributed by atoms with Crippen LogP contribution in [0.3, 0.4) is 0 Å². The van der Waals surface area contributed by atoms with E-state index in [0.717, 1.165) is 16.5 Å². The second-order valence-electron chi connectivity index (χ2n) is 6.32. The van der Waals surface area contributed by atoms with Crippen molar-refractivity contribution in [3.63, 3.8) is 0 Å². The smallest absolute Gasteiger partial charge is 0.273 e. The van der Waals surface area contributed by atoms with Crippen LogP contribution in [0, 0.1) is 10.1 Å². The lowest BCUT2D eigenvalue weighted by Crippen LogP contribution is -2.37. The largest absolute Gasteiger partial charge is 0.491 e. The maximum absolute atomic E-state index is 12.7. The van der Waals surface area contributed by atoms with Crippen LogP contribution in [0.2, 0.25) is 0 Å². The minimum absolute atomic E-state index is 0.0710. The van der Waals surface area contributed by atoms with E-state index in [0.29, 0.717) is 11.3 Å². The number of ether oxygens (including phenoxy) is 1. The molecule has 0 bridgehead atoms. The number of benzene rings is 3. The van der Waals surface area contributed by atoms with E-state index in [1.165, 1.54) is 18.2 Å². The minimum Gasteiger partial charge on any atom is -0.491 e. The van der Waals surface area contributed by atoms with Crippen molar-refractivity contribution in [2.75, 3.05) is 18.1 Å². The molecule has 136 valence electrons. The van der Waals surface area contributed by atoms with E-state index in [9.17, 15) is 20.0 Å². The van der Waals surface area contributed by atoms with Gasteiger partial charge in [0, 0.05) is 17.0 Å². The molecule has 4 rings (SSSR count). The highest BCUT2D eigenvalue weighted by atomic mass is 16.6. The molecule has 0 aliphatic carbocycles. The molecule has 27 heavy (non-hydrogen) atoms. The van der Waals surface area contributed by atoms with Crippen LogP contribution in [0.15, 0.2) is 60.7 Å². The summed E-state index contributed by atoms with van der Waals surface area (Å²) < 4.78 is 5.46. The number of nitro groups is 1. The average molecular weight is 364 g/mol. The van der Waals surface area contributed by atoms with Crippen molar-refractivity contribution < 1.29 is 19.6 Å². The number of amides is 1. The van der Waals surface area contributed by atoms with Gasteiger partial charge < -0.3 is 14.7 Å². The van der Waals surface area contributed by atoms with Crippen LogP contribution in [0.25, 0.3) is 10.8 Å². The van der Waals surface area contributed by atoms with Crippen LogP contribution >= 0.6 is 0 Å². The Bertz CT molecular complexity index is 1040. The molecule has 7 heteroatoms. The lowest BCUT2D eigenvalue weighted by molar-refractivity contribution is -0.384. The normalized spacial score (nSPS) is 13.8. The van der Waals surface area contributed by atoms with Crippen molar-refractivity contribution >= 4 is 28.1 Å². The van der Waals surface area contributed by atoms with Gasteiger partial charge in [0.05, 0.1) is 23.2 Å². The molecule has 0 spiro atoms. The van der Waals surface area contributed by atoms with Gasteiger partial charge in [-0.2, -0.15) is 0 Å². The monoisotopic (exact) mass is 364 g/mol. The van der Waals surface area contributed by atoms with E-state index in [4.69, 9.17) is 4.74 Å². The van der Waals surface area contributed by atoms with Gasteiger partial charge in [-0.25, -0.2) is 0 Å². The summed E-state index contributed by atoms with van der Waals surface area (Å²) >= 11 is 0. The first-order chi connectivity index (χ1) is 13.0. The zero-order chi connectivity index (χ0) is 19.0. The van der Waals surface area contributed by atoms with Gasteiger partial charge >= 0.3 is 0 Å². The third-order valence-corrected chi connectivity index (χ3v) is 4.51. The third kappa shape index (κ3) is 3.09. The van der Waals surface area contributed by atoms with E-state index in [1.807, 2.05) is 30.3 Å². The van der Waals surface area contributed by atoms with E-state index in [1.54, 1.807) is 17.0 Å². The maximum Gasteiger partial charge on any atom is 0.273 e. The Morgan fingerprint density at radius 3 is 2.63 bits per heavy atom. The van der Waals surface area contributed by atoms with Gasteiger partial charge in [-0.15, -0.1) is 0 Å². The lowest BCUT2D eigenvalue weighted by Gasteiger charge is -2.21. The number of carbonyl (C=O) groups is 1. The number of carbonyl (C=O) groups excluding carboxylic acids is 1. The van der Waals surface area contributed by atoms with Gasteiger partial charge in [-0.1, -0.05) is 30.3 Å². The van der Waals surface area contributed by atoms with E-state index >= 15 is 0 Å². The molecule has 3 aromatic carbocycles. The molecule has 0 fully saturated rings. The number of nitrogens with zero attached hydrogens (tertiary/aromatic N) is 2. The molecule has 1 amide bonds. The number of aliphatic hydroxyl groups is 1. The lowest BCUT2D eigenvalue weighted by atomic mass is 10.1. The fourth-order valence-corrected chi connectivity index (χ4v) is 3.30. The summed E-state index contributed by atoms with van der Waals surface area (Å²) in [6.45, 7) is -0.0151. The maximum atomic E-state index is 12.7. The SMILES string of the molecule is O=C1c2cccc3cccc(c23)N1C[C@@H](O)COc1cccc([N+](=O)[O-])c1. The van der Waals surface area contributed by atoms with E-state index in [-0.39, 0.29) is 24.7 Å². The molecule has 1 atom stereocenters. The van der Waals surface area contributed by atoms with E-state index in [2.05, 4.69) is 0 Å². The van der Waals surface area contributed by atoms with Gasteiger partial charge in [-0.05, 0) is 23.6 Å². The summed E-state index contributed by atoms with van der Waals surface area (Å²) in [5.41, 5.74) is 1.30. The van der Waals surface area contributed by atoms with Crippen LogP contribution < -0.4 is 9.64 Å². The Hall–Kier alpha value is -3.45. The van der Waals surface area contributed by atoms with Gasteiger partial charge in [0.25, 0.3) is 11.6 Å².